The Morgan fingerprint density at radius 3 is 2.14 bits per heavy atom. The first kappa shape index (κ1) is 22.3. The molecule has 0 aliphatic heterocycles. The van der Waals surface area contributed by atoms with Crippen LogP contribution in [0.1, 0.15) is 12.5 Å². The molecule has 0 unspecified atom stereocenters. The average Bonchev–Trinajstić information content (AvgIpc) is 2.67. The zero-order chi connectivity index (χ0) is 21.9. The van der Waals surface area contributed by atoms with Crippen LogP contribution in [0, 0.1) is 36.0 Å². The molecule has 12 heteroatoms. The Labute approximate surface area is 160 Å². The Balaban J connectivity index is 2.14. The van der Waals surface area contributed by atoms with Crippen molar-refractivity contribution < 1.29 is 46.8 Å². The maximum absolute atomic E-state index is 13.6. The van der Waals surface area contributed by atoms with E-state index in [1.54, 1.807) is 6.92 Å². The minimum Gasteiger partial charge on any atom is -0.484 e. The van der Waals surface area contributed by atoms with Crippen LogP contribution in [0.3, 0.4) is 0 Å². The molecule has 0 spiro atoms. The number of halogens is 5. The highest BCUT2D eigenvalue weighted by Gasteiger charge is 2.34. The molecule has 0 aliphatic carbocycles. The fraction of sp³-hybridized carbons (Fsp3) is 0.235. The van der Waals surface area contributed by atoms with Gasteiger partial charge in [0, 0.05) is 5.69 Å². The molecule has 0 bridgehead atoms. The molecular weight excluding hydrogens is 407 g/mol. The lowest BCUT2D eigenvalue weighted by molar-refractivity contribution is -0.215. The molecule has 7 nitrogen and oxygen atoms in total. The zero-order valence-corrected chi connectivity index (χ0v) is 14.9. The van der Waals surface area contributed by atoms with Gasteiger partial charge in [-0.2, -0.15) is 8.78 Å². The molecule has 0 fully saturated rings. The predicted molar refractivity (Wildman–Crippen MR) is 89.5 cm³/mol. The molecule has 158 valence electrons. The van der Waals surface area contributed by atoms with Gasteiger partial charge in [-0.05, 0) is 37.6 Å². The Hall–Kier alpha value is -2.96. The van der Waals surface area contributed by atoms with Crippen LogP contribution in [-0.4, -0.2) is 28.5 Å². The van der Waals surface area contributed by atoms with Crippen LogP contribution in [0.25, 0.3) is 0 Å². The molecule has 2 aromatic carbocycles. The first-order valence-corrected chi connectivity index (χ1v) is 7.84. The highest BCUT2D eigenvalue weighted by molar-refractivity contribution is 5.97. The van der Waals surface area contributed by atoms with Gasteiger partial charge in [0.2, 0.25) is 29.1 Å². The van der Waals surface area contributed by atoms with E-state index in [2.05, 4.69) is 20.5 Å². The number of anilines is 2. The molecule has 0 heterocycles. The molecule has 0 aromatic heterocycles. The van der Waals surface area contributed by atoms with Crippen LogP contribution in [0.15, 0.2) is 18.2 Å². The lowest BCUT2D eigenvalue weighted by atomic mass is 10.1. The molecule has 1 atom stereocenters. The maximum atomic E-state index is 13.6. The Morgan fingerprint density at radius 2 is 1.62 bits per heavy atom. The number of hydrogen-bond donors (Lipinski definition) is 4. The molecule has 0 radical (unpaired) electrons. The summed E-state index contributed by atoms with van der Waals surface area (Å²) in [7, 11) is 0. The SMILES string of the molecule is Cc1cc(NC(=O)[C@](C)(O)COc2c(F)c(F)c(F)c(F)c2F)ccc1NOO. The highest BCUT2D eigenvalue weighted by Crippen LogP contribution is 2.30. The third-order valence-corrected chi connectivity index (χ3v) is 3.80. The van der Waals surface area contributed by atoms with E-state index in [1.807, 2.05) is 0 Å². The van der Waals surface area contributed by atoms with Crippen LogP contribution in [0.5, 0.6) is 5.75 Å². The third-order valence-electron chi connectivity index (χ3n) is 3.80. The second-order valence-electron chi connectivity index (χ2n) is 6.14. The van der Waals surface area contributed by atoms with Crippen molar-refractivity contribution in [3.8, 4) is 5.75 Å². The van der Waals surface area contributed by atoms with Crippen LogP contribution in [-0.2, 0) is 9.78 Å². The van der Waals surface area contributed by atoms with Gasteiger partial charge >= 0.3 is 0 Å². The second kappa shape index (κ2) is 8.59. The largest absolute Gasteiger partial charge is 0.484 e. The zero-order valence-electron chi connectivity index (χ0n) is 14.9. The summed E-state index contributed by atoms with van der Waals surface area (Å²) in [6.45, 7) is 1.40. The van der Waals surface area contributed by atoms with E-state index in [0.29, 0.717) is 11.3 Å². The fourth-order valence-corrected chi connectivity index (χ4v) is 2.16. The van der Waals surface area contributed by atoms with Crippen molar-refractivity contribution >= 4 is 17.3 Å². The van der Waals surface area contributed by atoms with Crippen molar-refractivity contribution in [2.75, 3.05) is 17.4 Å². The minimum absolute atomic E-state index is 0.187. The summed E-state index contributed by atoms with van der Waals surface area (Å²) in [5.41, 5.74) is 0.837. The molecule has 2 rings (SSSR count). The quantitative estimate of drug-likeness (QED) is 0.180. The van der Waals surface area contributed by atoms with Gasteiger partial charge in [0.05, 0.1) is 5.69 Å². The Morgan fingerprint density at radius 1 is 1.07 bits per heavy atom. The molecule has 4 N–H and O–H groups in total. The first-order chi connectivity index (χ1) is 13.5. The predicted octanol–water partition coefficient (Wildman–Crippen LogP) is 3.28. The molecule has 0 saturated carbocycles. The van der Waals surface area contributed by atoms with E-state index in [0.717, 1.165) is 6.92 Å². The molecule has 1 amide bonds. The van der Waals surface area contributed by atoms with Crippen molar-refractivity contribution in [3.63, 3.8) is 0 Å². The van der Waals surface area contributed by atoms with Crippen molar-refractivity contribution in [2.24, 2.45) is 0 Å². The monoisotopic (exact) mass is 422 g/mol. The molecule has 2 aromatic rings. The number of amides is 1. The number of ether oxygens (including phenoxy) is 1. The minimum atomic E-state index is -2.40. The molecule has 0 aliphatic rings. The van der Waals surface area contributed by atoms with Gasteiger partial charge in [0.1, 0.15) is 6.61 Å². The average molecular weight is 422 g/mol. The number of aryl methyl sites for hydroxylation is 1. The van der Waals surface area contributed by atoms with Crippen LogP contribution < -0.4 is 15.5 Å². The number of hydrogen-bond acceptors (Lipinski definition) is 6. The summed E-state index contributed by atoms with van der Waals surface area (Å²) < 4.78 is 71.1. The van der Waals surface area contributed by atoms with Crippen LogP contribution >= 0.6 is 0 Å². The normalized spacial score (nSPS) is 13.0. The fourth-order valence-electron chi connectivity index (χ4n) is 2.16. The van der Waals surface area contributed by atoms with Crippen molar-refractivity contribution in [2.45, 2.75) is 19.4 Å². The number of aliphatic hydroxyl groups is 1. The van der Waals surface area contributed by atoms with Crippen LogP contribution in [0.4, 0.5) is 33.3 Å². The van der Waals surface area contributed by atoms with Gasteiger partial charge in [-0.3, -0.25) is 4.79 Å². The second-order valence-corrected chi connectivity index (χ2v) is 6.14. The van der Waals surface area contributed by atoms with Gasteiger partial charge in [0.15, 0.2) is 11.4 Å². The van der Waals surface area contributed by atoms with E-state index in [-0.39, 0.29) is 5.69 Å². The summed E-state index contributed by atoms with van der Waals surface area (Å²) in [5, 5.41) is 20.8. The van der Waals surface area contributed by atoms with Crippen molar-refractivity contribution in [1.82, 2.24) is 0 Å². The maximum Gasteiger partial charge on any atom is 0.259 e. The number of carbonyl (C=O) groups is 1. The summed E-state index contributed by atoms with van der Waals surface area (Å²) in [6, 6.07) is 4.22. The van der Waals surface area contributed by atoms with E-state index >= 15 is 0 Å². The third kappa shape index (κ3) is 4.72. The van der Waals surface area contributed by atoms with Gasteiger partial charge < -0.3 is 15.2 Å². The van der Waals surface area contributed by atoms with E-state index in [1.165, 1.54) is 18.2 Å². The number of benzene rings is 2. The summed E-state index contributed by atoms with van der Waals surface area (Å²) in [4.78, 5) is 16.0. The summed E-state index contributed by atoms with van der Waals surface area (Å²) in [6.07, 6.45) is 0. The number of carbonyl (C=O) groups excluding carboxylic acids is 1. The lowest BCUT2D eigenvalue weighted by Gasteiger charge is -2.23. The Bertz CT molecular complexity index is 910. The number of nitrogens with one attached hydrogen (secondary N) is 2. The smallest absolute Gasteiger partial charge is 0.259 e. The highest BCUT2D eigenvalue weighted by atomic mass is 19.2. The molecule has 29 heavy (non-hydrogen) atoms. The van der Waals surface area contributed by atoms with E-state index in [9.17, 15) is 31.9 Å². The van der Waals surface area contributed by atoms with Gasteiger partial charge in [-0.1, -0.05) is 0 Å². The first-order valence-electron chi connectivity index (χ1n) is 7.84. The summed E-state index contributed by atoms with van der Waals surface area (Å²) >= 11 is 0. The van der Waals surface area contributed by atoms with Crippen molar-refractivity contribution in [1.29, 1.82) is 0 Å². The molecular formula is C17H15F5N2O5. The van der Waals surface area contributed by atoms with E-state index < -0.39 is 53.0 Å². The van der Waals surface area contributed by atoms with Gasteiger partial charge in [-0.25, -0.2) is 23.9 Å². The topological polar surface area (TPSA) is 100 Å². The molecule has 0 saturated heterocycles. The Kier molecular flexibility index (Phi) is 6.62. The lowest BCUT2D eigenvalue weighted by Crippen LogP contribution is -2.45. The van der Waals surface area contributed by atoms with Crippen molar-refractivity contribution in [3.05, 3.63) is 52.8 Å². The summed E-state index contributed by atoms with van der Waals surface area (Å²) in [5.74, 6) is -14.0. The van der Waals surface area contributed by atoms with E-state index in [4.69, 9.17) is 5.26 Å². The standard InChI is InChI=1S/C17H15F5N2O5/c1-7-5-8(3-4-9(7)24-29-27)23-16(25)17(2,26)6-28-15-13(21)11(19)10(18)12(20)14(15)22/h3-5,24,26-27H,6H2,1-2H3,(H,23,25)/t17-/m1/s1. The number of rotatable bonds is 7. The van der Waals surface area contributed by atoms with Crippen LogP contribution in [0.2, 0.25) is 0 Å². The van der Waals surface area contributed by atoms with Gasteiger partial charge in [0.25, 0.3) is 5.91 Å². The van der Waals surface area contributed by atoms with Gasteiger partial charge in [-0.15, -0.1) is 4.99 Å².